The van der Waals surface area contributed by atoms with Gasteiger partial charge in [0.25, 0.3) is 0 Å². The normalized spacial score (nSPS) is 18.8. The Kier molecular flexibility index (Phi) is 3.64. The van der Waals surface area contributed by atoms with E-state index in [1.165, 1.54) is 0 Å². The molecule has 0 saturated carbocycles. The number of carbonyl (C=O) groups excluding carboxylic acids is 1. The summed E-state index contributed by atoms with van der Waals surface area (Å²) in [5.74, 6) is 0.0331. The highest BCUT2D eigenvalue weighted by Gasteiger charge is 2.28. The van der Waals surface area contributed by atoms with Crippen LogP contribution in [0, 0.1) is 0 Å². The molecule has 0 amide bonds. The second kappa shape index (κ2) is 4.90. The summed E-state index contributed by atoms with van der Waals surface area (Å²) < 4.78 is 5.68. The van der Waals surface area contributed by atoms with E-state index in [1.807, 2.05) is 12.1 Å². The minimum atomic E-state index is -0.166. The van der Waals surface area contributed by atoms with Crippen molar-refractivity contribution in [3.8, 4) is 0 Å². The fourth-order valence-electron chi connectivity index (χ4n) is 2.20. The van der Waals surface area contributed by atoms with Crippen LogP contribution in [-0.4, -0.2) is 31.1 Å². The van der Waals surface area contributed by atoms with E-state index in [1.54, 1.807) is 13.0 Å². The van der Waals surface area contributed by atoms with Crippen molar-refractivity contribution in [2.24, 2.45) is 0 Å². The Morgan fingerprint density at radius 1 is 1.44 bits per heavy atom. The van der Waals surface area contributed by atoms with Gasteiger partial charge in [-0.1, -0.05) is 11.6 Å². The summed E-state index contributed by atoms with van der Waals surface area (Å²) in [5.41, 5.74) is 1.45. The van der Waals surface area contributed by atoms with E-state index in [4.69, 9.17) is 16.3 Å². The van der Waals surface area contributed by atoms with E-state index < -0.39 is 0 Å². The van der Waals surface area contributed by atoms with Crippen LogP contribution in [0.1, 0.15) is 31.1 Å². The van der Waals surface area contributed by atoms with Crippen LogP contribution in [0.15, 0.2) is 18.2 Å². The first-order chi connectivity index (χ1) is 8.39. The van der Waals surface area contributed by atoms with E-state index in [-0.39, 0.29) is 11.4 Å². The number of ketones is 1. The Labute approximate surface area is 113 Å². The lowest BCUT2D eigenvalue weighted by atomic mass is 10.1. The monoisotopic (exact) mass is 267 g/mol. The molecule has 0 aliphatic carbocycles. The molecule has 0 atom stereocenters. The summed E-state index contributed by atoms with van der Waals surface area (Å²) in [5, 5.41) is 0.625. The molecule has 0 N–H and O–H groups in total. The van der Waals surface area contributed by atoms with Gasteiger partial charge in [-0.2, -0.15) is 0 Å². The highest BCUT2D eigenvalue weighted by Crippen LogP contribution is 2.30. The van der Waals surface area contributed by atoms with Crippen molar-refractivity contribution >= 4 is 23.1 Å². The van der Waals surface area contributed by atoms with Gasteiger partial charge < -0.3 is 9.64 Å². The zero-order valence-electron chi connectivity index (χ0n) is 11.0. The molecule has 1 fully saturated rings. The van der Waals surface area contributed by atoms with Crippen molar-refractivity contribution in [2.45, 2.75) is 26.4 Å². The van der Waals surface area contributed by atoms with Crippen molar-refractivity contribution in [3.05, 3.63) is 28.8 Å². The van der Waals surface area contributed by atoms with Crippen molar-refractivity contribution < 1.29 is 9.53 Å². The van der Waals surface area contributed by atoms with Gasteiger partial charge in [0.15, 0.2) is 5.78 Å². The predicted molar refractivity (Wildman–Crippen MR) is 73.7 cm³/mol. The molecule has 1 heterocycles. The second-order valence-corrected chi connectivity index (χ2v) is 5.66. The quantitative estimate of drug-likeness (QED) is 0.771. The number of hydrogen-bond donors (Lipinski definition) is 0. The maximum atomic E-state index is 11.3. The molecule has 98 valence electrons. The summed E-state index contributed by atoms with van der Waals surface area (Å²) in [6.45, 7) is 7.99. The summed E-state index contributed by atoms with van der Waals surface area (Å²) >= 11 is 6.27. The average Bonchev–Trinajstić information content (AvgIpc) is 2.27. The van der Waals surface area contributed by atoms with Gasteiger partial charge in [-0.05, 0) is 39.0 Å². The lowest BCUT2D eigenvalue weighted by molar-refractivity contribution is -0.0276. The number of anilines is 1. The second-order valence-electron chi connectivity index (χ2n) is 5.25. The Hall–Kier alpha value is -1.06. The number of ether oxygens (including phenoxy) is 1. The molecule has 0 radical (unpaired) electrons. The Morgan fingerprint density at radius 3 is 2.72 bits per heavy atom. The summed E-state index contributed by atoms with van der Waals surface area (Å²) in [6.07, 6.45) is 0. The number of benzene rings is 1. The molecule has 1 aliphatic heterocycles. The van der Waals surface area contributed by atoms with Crippen molar-refractivity contribution in [1.82, 2.24) is 0 Å². The van der Waals surface area contributed by atoms with Crippen molar-refractivity contribution in [3.63, 3.8) is 0 Å². The van der Waals surface area contributed by atoms with Crippen molar-refractivity contribution in [1.29, 1.82) is 0 Å². The molecule has 0 aromatic heterocycles. The fourth-order valence-corrected chi connectivity index (χ4v) is 2.50. The van der Waals surface area contributed by atoms with Gasteiger partial charge in [-0.3, -0.25) is 4.79 Å². The molecule has 2 rings (SSSR count). The minimum Gasteiger partial charge on any atom is -0.372 e. The first-order valence-electron chi connectivity index (χ1n) is 6.08. The third kappa shape index (κ3) is 2.85. The lowest BCUT2D eigenvalue weighted by Crippen LogP contribution is -2.48. The largest absolute Gasteiger partial charge is 0.372 e. The SMILES string of the molecule is CC(=O)c1ccc(N2CCOC(C)(C)C2)c(Cl)c1. The average molecular weight is 268 g/mol. The molecule has 1 saturated heterocycles. The lowest BCUT2D eigenvalue weighted by Gasteiger charge is -2.39. The van der Waals surface area contributed by atoms with Gasteiger partial charge in [-0.25, -0.2) is 0 Å². The highest BCUT2D eigenvalue weighted by molar-refractivity contribution is 6.33. The summed E-state index contributed by atoms with van der Waals surface area (Å²) in [4.78, 5) is 13.5. The number of halogens is 1. The first kappa shape index (κ1) is 13.4. The molecule has 1 aromatic carbocycles. The number of carbonyl (C=O) groups is 1. The number of nitrogens with zero attached hydrogens (tertiary/aromatic N) is 1. The van der Waals surface area contributed by atoms with Crippen LogP contribution in [0.2, 0.25) is 5.02 Å². The fraction of sp³-hybridized carbons (Fsp3) is 0.500. The Morgan fingerprint density at radius 2 is 2.17 bits per heavy atom. The van der Waals surface area contributed by atoms with Crippen molar-refractivity contribution in [2.75, 3.05) is 24.6 Å². The van der Waals surface area contributed by atoms with Crippen LogP contribution >= 0.6 is 11.6 Å². The molecule has 4 heteroatoms. The number of Topliss-reactive ketones (excluding diaryl/α,β-unsaturated/α-hetero) is 1. The predicted octanol–water partition coefficient (Wildman–Crippen LogP) is 3.16. The minimum absolute atomic E-state index is 0.0331. The van der Waals surface area contributed by atoms with E-state index >= 15 is 0 Å². The number of morpholine rings is 1. The Balaban J connectivity index is 2.26. The third-order valence-corrected chi connectivity index (χ3v) is 3.42. The molecule has 0 unspecified atom stereocenters. The Bertz CT molecular complexity index is 471. The standard InChI is InChI=1S/C14H18ClNO2/c1-10(17)11-4-5-13(12(15)8-11)16-6-7-18-14(2,3)9-16/h4-5,8H,6-7,9H2,1-3H3. The van der Waals surface area contributed by atoms with Crippen LogP contribution in [0.5, 0.6) is 0 Å². The molecule has 0 bridgehead atoms. The van der Waals surface area contributed by atoms with Gasteiger partial charge in [0.1, 0.15) is 0 Å². The summed E-state index contributed by atoms with van der Waals surface area (Å²) in [7, 11) is 0. The zero-order valence-corrected chi connectivity index (χ0v) is 11.8. The third-order valence-electron chi connectivity index (χ3n) is 3.12. The molecule has 18 heavy (non-hydrogen) atoms. The topological polar surface area (TPSA) is 29.5 Å². The number of hydrogen-bond acceptors (Lipinski definition) is 3. The first-order valence-corrected chi connectivity index (χ1v) is 6.46. The van der Waals surface area contributed by atoms with Crippen LogP contribution < -0.4 is 4.90 Å². The highest BCUT2D eigenvalue weighted by atomic mass is 35.5. The molecule has 0 spiro atoms. The van der Waals surface area contributed by atoms with E-state index in [2.05, 4.69) is 18.7 Å². The van der Waals surface area contributed by atoms with Gasteiger partial charge in [0.05, 0.1) is 22.9 Å². The molecular weight excluding hydrogens is 250 g/mol. The molecule has 1 aliphatic rings. The van der Waals surface area contributed by atoms with Crippen LogP contribution in [0.3, 0.4) is 0 Å². The molecular formula is C14H18ClNO2. The van der Waals surface area contributed by atoms with Crippen LogP contribution in [0.25, 0.3) is 0 Å². The van der Waals surface area contributed by atoms with Gasteiger partial charge in [0, 0.05) is 18.7 Å². The maximum Gasteiger partial charge on any atom is 0.159 e. The molecule has 3 nitrogen and oxygen atoms in total. The van der Waals surface area contributed by atoms with Gasteiger partial charge >= 0.3 is 0 Å². The summed E-state index contributed by atoms with van der Waals surface area (Å²) in [6, 6.07) is 5.48. The zero-order chi connectivity index (χ0) is 13.3. The number of rotatable bonds is 2. The van der Waals surface area contributed by atoms with Gasteiger partial charge in [0.2, 0.25) is 0 Å². The van der Waals surface area contributed by atoms with Crippen LogP contribution in [0.4, 0.5) is 5.69 Å². The van der Waals surface area contributed by atoms with E-state index in [0.29, 0.717) is 17.2 Å². The smallest absolute Gasteiger partial charge is 0.159 e. The molecule has 1 aromatic rings. The van der Waals surface area contributed by atoms with E-state index in [0.717, 1.165) is 18.8 Å². The van der Waals surface area contributed by atoms with E-state index in [9.17, 15) is 4.79 Å². The van der Waals surface area contributed by atoms with Gasteiger partial charge in [-0.15, -0.1) is 0 Å². The maximum absolute atomic E-state index is 11.3. The van der Waals surface area contributed by atoms with Crippen LogP contribution in [-0.2, 0) is 4.74 Å².